The molecule has 3 rings (SSSR count). The number of carbonyl (C=O) groups excluding carboxylic acids is 2. The van der Waals surface area contributed by atoms with E-state index in [-0.39, 0.29) is 24.5 Å². The van der Waals surface area contributed by atoms with Crippen molar-refractivity contribution < 1.29 is 23.8 Å². The number of nitrogens with zero attached hydrogens (tertiary/aromatic N) is 1. The molecule has 0 bridgehead atoms. The van der Waals surface area contributed by atoms with Crippen LogP contribution in [0, 0.1) is 0 Å². The van der Waals surface area contributed by atoms with E-state index in [1.54, 1.807) is 43.4 Å². The lowest BCUT2D eigenvalue weighted by atomic mass is 10.0. The fourth-order valence-corrected chi connectivity index (χ4v) is 3.37. The average molecular weight is 398 g/mol. The number of ether oxygens (including phenoxy) is 3. The second kappa shape index (κ2) is 9.82. The number of methoxy groups -OCH3 is 2. The van der Waals surface area contributed by atoms with Crippen LogP contribution < -0.4 is 19.5 Å². The summed E-state index contributed by atoms with van der Waals surface area (Å²) in [6.07, 6.45) is 1.39. The Morgan fingerprint density at radius 2 is 1.52 bits per heavy atom. The van der Waals surface area contributed by atoms with E-state index >= 15 is 0 Å². The van der Waals surface area contributed by atoms with Gasteiger partial charge in [0.25, 0.3) is 11.8 Å². The van der Waals surface area contributed by atoms with Crippen LogP contribution in [0.15, 0.2) is 48.5 Å². The second-order valence-corrected chi connectivity index (χ2v) is 6.77. The minimum atomic E-state index is -0.189. The highest BCUT2D eigenvalue weighted by atomic mass is 16.5. The molecule has 1 aliphatic rings. The minimum absolute atomic E-state index is 0.0190. The van der Waals surface area contributed by atoms with Crippen molar-refractivity contribution >= 4 is 11.8 Å². The third kappa shape index (κ3) is 5.19. The van der Waals surface area contributed by atoms with E-state index in [4.69, 9.17) is 14.2 Å². The molecule has 0 radical (unpaired) electrons. The van der Waals surface area contributed by atoms with Crippen LogP contribution in [-0.4, -0.2) is 56.7 Å². The van der Waals surface area contributed by atoms with Crippen molar-refractivity contribution in [3.8, 4) is 17.2 Å². The van der Waals surface area contributed by atoms with Crippen molar-refractivity contribution in [1.82, 2.24) is 10.2 Å². The van der Waals surface area contributed by atoms with Gasteiger partial charge in [-0.2, -0.15) is 0 Å². The van der Waals surface area contributed by atoms with Gasteiger partial charge in [-0.3, -0.25) is 9.59 Å². The van der Waals surface area contributed by atoms with Gasteiger partial charge in [-0.15, -0.1) is 0 Å². The van der Waals surface area contributed by atoms with Crippen LogP contribution in [0.25, 0.3) is 0 Å². The molecule has 154 valence electrons. The Morgan fingerprint density at radius 3 is 2.17 bits per heavy atom. The number of likely N-dealkylation sites (tertiary alicyclic amines) is 1. The van der Waals surface area contributed by atoms with E-state index in [1.165, 1.54) is 0 Å². The summed E-state index contributed by atoms with van der Waals surface area (Å²) < 4.78 is 16.1. The van der Waals surface area contributed by atoms with E-state index in [9.17, 15) is 9.59 Å². The first-order valence-electron chi connectivity index (χ1n) is 9.60. The van der Waals surface area contributed by atoms with Crippen LogP contribution in [0.4, 0.5) is 0 Å². The molecular formula is C22H26N2O5. The molecule has 0 spiro atoms. The number of hydrogen-bond donors (Lipinski definition) is 1. The topological polar surface area (TPSA) is 77.1 Å². The number of benzene rings is 2. The lowest BCUT2D eigenvalue weighted by Gasteiger charge is -2.32. The molecule has 1 aliphatic heterocycles. The molecule has 0 aromatic heterocycles. The SMILES string of the molecule is COc1ccccc1OCC(=O)NC1CCN(C(=O)c2ccccc2OC)CC1. The standard InChI is InChI=1S/C22H26N2O5/c1-27-18-8-4-3-7-17(18)22(26)24-13-11-16(12-14-24)23-21(25)15-29-20-10-6-5-9-19(20)28-2/h3-10,16H,11-15H2,1-2H3,(H,23,25). The number of para-hydroxylation sites is 3. The normalized spacial score (nSPS) is 14.2. The molecule has 2 amide bonds. The summed E-state index contributed by atoms with van der Waals surface area (Å²) in [5.41, 5.74) is 0.558. The summed E-state index contributed by atoms with van der Waals surface area (Å²) >= 11 is 0. The van der Waals surface area contributed by atoms with Crippen LogP contribution >= 0.6 is 0 Å². The maximum absolute atomic E-state index is 12.8. The van der Waals surface area contributed by atoms with Gasteiger partial charge in [0, 0.05) is 19.1 Å². The Kier molecular flexibility index (Phi) is 6.94. The minimum Gasteiger partial charge on any atom is -0.496 e. The lowest BCUT2D eigenvalue weighted by molar-refractivity contribution is -0.124. The first-order chi connectivity index (χ1) is 14.1. The van der Waals surface area contributed by atoms with E-state index in [0.717, 1.165) is 0 Å². The van der Waals surface area contributed by atoms with Crippen LogP contribution in [0.1, 0.15) is 23.2 Å². The van der Waals surface area contributed by atoms with Crippen LogP contribution in [0.2, 0.25) is 0 Å². The van der Waals surface area contributed by atoms with Gasteiger partial charge in [0.1, 0.15) is 5.75 Å². The Bertz CT molecular complexity index is 847. The molecular weight excluding hydrogens is 372 g/mol. The first-order valence-corrected chi connectivity index (χ1v) is 9.60. The lowest BCUT2D eigenvalue weighted by Crippen LogP contribution is -2.47. The summed E-state index contributed by atoms with van der Waals surface area (Å²) in [6, 6.07) is 14.4. The zero-order chi connectivity index (χ0) is 20.6. The summed E-state index contributed by atoms with van der Waals surface area (Å²) in [7, 11) is 3.11. The summed E-state index contributed by atoms with van der Waals surface area (Å²) in [6.45, 7) is 1.07. The number of hydrogen-bond acceptors (Lipinski definition) is 5. The molecule has 7 nitrogen and oxygen atoms in total. The van der Waals surface area contributed by atoms with E-state index in [0.29, 0.717) is 48.7 Å². The number of rotatable bonds is 7. The van der Waals surface area contributed by atoms with Crippen molar-refractivity contribution in [1.29, 1.82) is 0 Å². The van der Waals surface area contributed by atoms with E-state index in [2.05, 4.69) is 5.32 Å². The number of amides is 2. The highest BCUT2D eigenvalue weighted by Gasteiger charge is 2.26. The molecule has 7 heteroatoms. The van der Waals surface area contributed by atoms with Gasteiger partial charge in [-0.25, -0.2) is 0 Å². The van der Waals surface area contributed by atoms with Gasteiger partial charge in [0.05, 0.1) is 19.8 Å². The third-order valence-corrected chi connectivity index (χ3v) is 4.91. The Hall–Kier alpha value is -3.22. The zero-order valence-corrected chi connectivity index (χ0v) is 16.7. The largest absolute Gasteiger partial charge is 0.496 e. The molecule has 1 saturated heterocycles. The fraction of sp³-hybridized carbons (Fsp3) is 0.364. The van der Waals surface area contributed by atoms with Crippen molar-refractivity contribution in [3.63, 3.8) is 0 Å². The van der Waals surface area contributed by atoms with Gasteiger partial charge in [-0.1, -0.05) is 24.3 Å². The van der Waals surface area contributed by atoms with Crippen molar-refractivity contribution in [2.75, 3.05) is 33.9 Å². The predicted octanol–water partition coefficient (Wildman–Crippen LogP) is 2.50. The molecule has 0 saturated carbocycles. The maximum atomic E-state index is 12.8. The Balaban J connectivity index is 1.47. The zero-order valence-electron chi connectivity index (χ0n) is 16.7. The summed E-state index contributed by atoms with van der Waals surface area (Å²) in [5.74, 6) is 1.45. The fourth-order valence-electron chi connectivity index (χ4n) is 3.37. The Morgan fingerprint density at radius 1 is 0.931 bits per heavy atom. The van der Waals surface area contributed by atoms with E-state index in [1.807, 2.05) is 24.3 Å². The van der Waals surface area contributed by atoms with Gasteiger partial charge in [0.2, 0.25) is 0 Å². The molecule has 1 heterocycles. The molecule has 0 aliphatic carbocycles. The highest BCUT2D eigenvalue weighted by molar-refractivity contribution is 5.97. The molecule has 2 aromatic carbocycles. The first kappa shape index (κ1) is 20.5. The van der Waals surface area contributed by atoms with Crippen LogP contribution in [0.3, 0.4) is 0 Å². The maximum Gasteiger partial charge on any atom is 0.258 e. The van der Waals surface area contributed by atoms with E-state index < -0.39 is 0 Å². The molecule has 0 atom stereocenters. The predicted molar refractivity (Wildman–Crippen MR) is 109 cm³/mol. The van der Waals surface area contributed by atoms with Gasteiger partial charge in [0.15, 0.2) is 18.1 Å². The number of carbonyl (C=O) groups is 2. The van der Waals surface area contributed by atoms with Crippen molar-refractivity contribution in [2.24, 2.45) is 0 Å². The Labute approximate surface area is 170 Å². The van der Waals surface area contributed by atoms with Crippen LogP contribution in [-0.2, 0) is 4.79 Å². The molecule has 1 fully saturated rings. The highest BCUT2D eigenvalue weighted by Crippen LogP contribution is 2.25. The molecule has 0 unspecified atom stereocenters. The van der Waals surface area contributed by atoms with Crippen molar-refractivity contribution in [3.05, 3.63) is 54.1 Å². The smallest absolute Gasteiger partial charge is 0.258 e. The quantitative estimate of drug-likeness (QED) is 0.776. The summed E-state index contributed by atoms with van der Waals surface area (Å²) in [5, 5.41) is 2.98. The molecule has 1 N–H and O–H groups in total. The third-order valence-electron chi connectivity index (χ3n) is 4.91. The number of piperidine rings is 1. The van der Waals surface area contributed by atoms with Gasteiger partial charge in [-0.05, 0) is 37.1 Å². The second-order valence-electron chi connectivity index (χ2n) is 6.77. The molecule has 2 aromatic rings. The molecule has 29 heavy (non-hydrogen) atoms. The number of nitrogens with one attached hydrogen (secondary N) is 1. The van der Waals surface area contributed by atoms with Crippen molar-refractivity contribution in [2.45, 2.75) is 18.9 Å². The van der Waals surface area contributed by atoms with Gasteiger partial charge < -0.3 is 24.4 Å². The van der Waals surface area contributed by atoms with Crippen LogP contribution in [0.5, 0.6) is 17.2 Å². The average Bonchev–Trinajstić information content (AvgIpc) is 2.77. The summed E-state index contributed by atoms with van der Waals surface area (Å²) in [4.78, 5) is 26.8. The monoisotopic (exact) mass is 398 g/mol. The van der Waals surface area contributed by atoms with Gasteiger partial charge >= 0.3 is 0 Å².